The highest BCUT2D eigenvalue weighted by molar-refractivity contribution is 5.99. The quantitative estimate of drug-likeness (QED) is 0.356. The monoisotopic (exact) mass is 316 g/mol. The van der Waals surface area contributed by atoms with Crippen LogP contribution in [0.2, 0.25) is 0 Å². The van der Waals surface area contributed by atoms with Gasteiger partial charge in [0.15, 0.2) is 0 Å². The van der Waals surface area contributed by atoms with Crippen LogP contribution < -0.4 is 5.43 Å². The minimum absolute atomic E-state index is 0.0155. The molecule has 0 unspecified atom stereocenters. The van der Waals surface area contributed by atoms with Crippen molar-refractivity contribution in [1.82, 2.24) is 5.43 Å². The third kappa shape index (κ3) is 7.96. The Morgan fingerprint density at radius 2 is 1.65 bits per heavy atom. The highest BCUT2D eigenvalue weighted by atomic mass is 16.2. The molecule has 0 aliphatic rings. The van der Waals surface area contributed by atoms with Gasteiger partial charge < -0.3 is 0 Å². The van der Waals surface area contributed by atoms with Gasteiger partial charge in [-0.25, -0.2) is 5.43 Å². The van der Waals surface area contributed by atoms with Gasteiger partial charge in [-0.15, -0.1) is 0 Å². The van der Waals surface area contributed by atoms with E-state index < -0.39 is 0 Å². The second kappa shape index (κ2) is 11.0. The molecule has 3 heteroatoms. The average Bonchev–Trinajstić information content (AvgIpc) is 2.54. The van der Waals surface area contributed by atoms with E-state index in [0.717, 1.165) is 24.1 Å². The van der Waals surface area contributed by atoms with Gasteiger partial charge in [-0.2, -0.15) is 5.10 Å². The first-order valence-corrected chi connectivity index (χ1v) is 8.95. The largest absolute Gasteiger partial charge is 0.273 e. The highest BCUT2D eigenvalue weighted by Crippen LogP contribution is 2.11. The van der Waals surface area contributed by atoms with Crippen molar-refractivity contribution in [2.75, 3.05) is 0 Å². The molecule has 1 rings (SSSR count). The molecule has 0 atom stereocenters. The number of carbonyl (C=O) groups excluding carboxylic acids is 1. The number of aryl methyl sites for hydroxylation is 2. The zero-order valence-electron chi connectivity index (χ0n) is 15.2. The van der Waals surface area contributed by atoms with Gasteiger partial charge in [0.1, 0.15) is 0 Å². The molecule has 0 aromatic heterocycles. The van der Waals surface area contributed by atoms with E-state index in [1.807, 2.05) is 13.0 Å². The third-order valence-electron chi connectivity index (χ3n) is 4.28. The summed E-state index contributed by atoms with van der Waals surface area (Å²) < 4.78 is 0. The van der Waals surface area contributed by atoms with Crippen LogP contribution in [0.1, 0.15) is 81.9 Å². The minimum atomic E-state index is 0.0155. The predicted molar refractivity (Wildman–Crippen MR) is 98.9 cm³/mol. The predicted octanol–water partition coefficient (Wildman–Crippen LogP) is 5.28. The number of nitrogens with one attached hydrogen (secondary N) is 1. The summed E-state index contributed by atoms with van der Waals surface area (Å²) in [7, 11) is 0. The summed E-state index contributed by atoms with van der Waals surface area (Å²) in [4.78, 5) is 11.8. The van der Waals surface area contributed by atoms with Crippen LogP contribution in [0.3, 0.4) is 0 Å². The number of nitrogens with zero attached hydrogens (tertiary/aromatic N) is 1. The van der Waals surface area contributed by atoms with E-state index in [9.17, 15) is 4.79 Å². The lowest BCUT2D eigenvalue weighted by Crippen LogP contribution is -2.18. The number of hydrogen-bond acceptors (Lipinski definition) is 2. The number of amides is 1. The Morgan fingerprint density at radius 1 is 1.00 bits per heavy atom. The molecule has 0 saturated heterocycles. The lowest BCUT2D eigenvalue weighted by molar-refractivity contribution is -0.121. The van der Waals surface area contributed by atoms with Gasteiger partial charge >= 0.3 is 0 Å². The zero-order chi connectivity index (χ0) is 17.1. The second-order valence-corrected chi connectivity index (χ2v) is 6.40. The number of hydrogen-bond donors (Lipinski definition) is 1. The van der Waals surface area contributed by atoms with E-state index in [2.05, 4.69) is 43.4 Å². The fourth-order valence-electron chi connectivity index (χ4n) is 2.48. The maximum Gasteiger partial charge on any atom is 0.240 e. The molecule has 1 aromatic carbocycles. The summed E-state index contributed by atoms with van der Waals surface area (Å²) in [5.74, 6) is 0.0155. The Hall–Kier alpha value is -1.64. The molecule has 0 aliphatic heterocycles. The summed E-state index contributed by atoms with van der Waals surface area (Å²) in [6.07, 6.45) is 9.11. The second-order valence-electron chi connectivity index (χ2n) is 6.40. The van der Waals surface area contributed by atoms with Crippen molar-refractivity contribution in [3.8, 4) is 0 Å². The van der Waals surface area contributed by atoms with Crippen LogP contribution in [0.15, 0.2) is 23.3 Å². The van der Waals surface area contributed by atoms with Crippen molar-refractivity contribution in [2.45, 2.75) is 79.1 Å². The fourth-order valence-corrected chi connectivity index (χ4v) is 2.48. The molecule has 0 aliphatic carbocycles. The van der Waals surface area contributed by atoms with E-state index in [1.54, 1.807) is 0 Å². The molecule has 0 heterocycles. The molecule has 1 amide bonds. The van der Waals surface area contributed by atoms with E-state index in [0.29, 0.717) is 6.42 Å². The van der Waals surface area contributed by atoms with Crippen LogP contribution in [0.4, 0.5) is 0 Å². The molecule has 23 heavy (non-hydrogen) atoms. The molecule has 0 spiro atoms. The molecule has 1 N–H and O–H groups in total. The zero-order valence-corrected chi connectivity index (χ0v) is 15.2. The summed E-state index contributed by atoms with van der Waals surface area (Å²) in [5.41, 5.74) is 7.09. The normalized spacial score (nSPS) is 11.6. The number of hydrazone groups is 1. The Morgan fingerprint density at radius 3 is 2.30 bits per heavy atom. The number of benzene rings is 1. The SMILES string of the molecule is CCCCCCCCCC(=O)N/N=C(\C)c1ccc(C)c(C)c1. The fraction of sp³-hybridized carbons (Fsp3) is 0.600. The van der Waals surface area contributed by atoms with Crippen LogP contribution in [0.25, 0.3) is 0 Å². The first-order valence-electron chi connectivity index (χ1n) is 8.95. The topological polar surface area (TPSA) is 41.5 Å². The first-order chi connectivity index (χ1) is 11.0. The van der Waals surface area contributed by atoms with E-state index in [-0.39, 0.29) is 5.91 Å². The van der Waals surface area contributed by atoms with E-state index >= 15 is 0 Å². The van der Waals surface area contributed by atoms with Gasteiger partial charge in [-0.3, -0.25) is 4.79 Å². The van der Waals surface area contributed by atoms with Crippen molar-refractivity contribution in [1.29, 1.82) is 0 Å². The summed E-state index contributed by atoms with van der Waals surface area (Å²) >= 11 is 0. The Kier molecular flexibility index (Phi) is 9.27. The number of carbonyl (C=O) groups is 1. The lowest BCUT2D eigenvalue weighted by Gasteiger charge is -2.06. The molecule has 1 aromatic rings. The van der Waals surface area contributed by atoms with Crippen molar-refractivity contribution >= 4 is 11.6 Å². The van der Waals surface area contributed by atoms with Crippen molar-refractivity contribution < 1.29 is 4.79 Å². The Balaban J connectivity index is 2.27. The van der Waals surface area contributed by atoms with Gasteiger partial charge in [0.2, 0.25) is 5.91 Å². The van der Waals surface area contributed by atoms with Gasteiger partial charge in [0.25, 0.3) is 0 Å². The van der Waals surface area contributed by atoms with Gasteiger partial charge in [0.05, 0.1) is 5.71 Å². The number of unbranched alkanes of at least 4 members (excludes halogenated alkanes) is 6. The van der Waals surface area contributed by atoms with Crippen molar-refractivity contribution in [3.63, 3.8) is 0 Å². The molecule has 128 valence electrons. The molecule has 0 bridgehead atoms. The molecule has 3 nitrogen and oxygen atoms in total. The smallest absolute Gasteiger partial charge is 0.240 e. The summed E-state index contributed by atoms with van der Waals surface area (Å²) in [5, 5.41) is 4.22. The average molecular weight is 316 g/mol. The molecule has 0 fully saturated rings. The van der Waals surface area contributed by atoms with Crippen molar-refractivity contribution in [2.24, 2.45) is 5.10 Å². The van der Waals surface area contributed by atoms with Crippen LogP contribution in [-0.4, -0.2) is 11.6 Å². The van der Waals surface area contributed by atoms with Crippen LogP contribution in [-0.2, 0) is 4.79 Å². The summed E-state index contributed by atoms with van der Waals surface area (Å²) in [6, 6.07) is 6.24. The van der Waals surface area contributed by atoms with Crippen LogP contribution in [0, 0.1) is 13.8 Å². The third-order valence-corrected chi connectivity index (χ3v) is 4.28. The highest BCUT2D eigenvalue weighted by Gasteiger charge is 2.03. The minimum Gasteiger partial charge on any atom is -0.273 e. The molecule has 0 saturated carbocycles. The van der Waals surface area contributed by atoms with Crippen LogP contribution in [0.5, 0.6) is 0 Å². The Bertz CT molecular complexity index is 520. The summed E-state index contributed by atoms with van der Waals surface area (Å²) in [6.45, 7) is 8.34. The lowest BCUT2D eigenvalue weighted by atomic mass is 10.0. The Labute approximate surface area is 141 Å². The first kappa shape index (κ1) is 19.4. The number of rotatable bonds is 10. The maximum absolute atomic E-state index is 11.8. The van der Waals surface area contributed by atoms with E-state index in [1.165, 1.54) is 43.2 Å². The van der Waals surface area contributed by atoms with Crippen molar-refractivity contribution in [3.05, 3.63) is 34.9 Å². The van der Waals surface area contributed by atoms with Gasteiger partial charge in [-0.05, 0) is 49.9 Å². The molecular weight excluding hydrogens is 284 g/mol. The van der Waals surface area contributed by atoms with E-state index in [4.69, 9.17) is 0 Å². The van der Waals surface area contributed by atoms with Crippen LogP contribution >= 0.6 is 0 Å². The van der Waals surface area contributed by atoms with Gasteiger partial charge in [0, 0.05) is 6.42 Å². The van der Waals surface area contributed by atoms with Gasteiger partial charge in [-0.1, -0.05) is 57.6 Å². The standard InChI is InChI=1S/C20H32N2O/c1-5-6-7-8-9-10-11-12-20(23)22-21-18(4)19-14-13-16(2)17(3)15-19/h13-15H,5-12H2,1-4H3,(H,22,23)/b21-18+. The molecule has 0 radical (unpaired) electrons. The maximum atomic E-state index is 11.8. The molecular formula is C20H32N2O.